The fraction of sp³-hybridized carbons (Fsp3) is 0. The smallest absolute Gasteiger partial charge is 0.325 e. The van der Waals surface area contributed by atoms with Gasteiger partial charge in [-0.3, -0.25) is 9.78 Å². The average Bonchev–Trinajstić information content (AvgIpc) is 2.23. The summed E-state index contributed by atoms with van der Waals surface area (Å²) in [5, 5.41) is 0. The quantitative estimate of drug-likeness (QED) is 0.467. The van der Waals surface area contributed by atoms with Crippen molar-refractivity contribution in [3.8, 4) is 0 Å². The van der Waals surface area contributed by atoms with E-state index in [9.17, 15) is 9.59 Å². The first-order valence-electron chi connectivity index (χ1n) is 4.33. The summed E-state index contributed by atoms with van der Waals surface area (Å²) in [6.07, 6.45) is 2.90. The van der Waals surface area contributed by atoms with E-state index in [1.165, 1.54) is 12.3 Å². The van der Waals surface area contributed by atoms with Crippen LogP contribution in [-0.4, -0.2) is 15.0 Å². The predicted octanol–water partition coefficient (Wildman–Crippen LogP) is -0.691. The Morgan fingerprint density at radius 2 is 1.94 bits per heavy atom. The zero-order valence-electron chi connectivity index (χ0n) is 8.31. The number of pyridine rings is 1. The fourth-order valence-electron chi connectivity index (χ4n) is 0.813. The Kier molecular flexibility index (Phi) is 3.84. The third kappa shape index (κ3) is 3.66. The van der Waals surface area contributed by atoms with Crippen LogP contribution in [0.1, 0.15) is 0 Å². The number of aromatic amines is 2. The Labute approximate surface area is 90.2 Å². The van der Waals surface area contributed by atoms with Crippen LogP contribution >= 0.6 is 0 Å². The molecule has 0 radical (unpaired) electrons. The molecule has 2 heterocycles. The zero-order chi connectivity index (χ0) is 12.0. The van der Waals surface area contributed by atoms with Gasteiger partial charge in [0.2, 0.25) is 0 Å². The van der Waals surface area contributed by atoms with E-state index in [1.54, 1.807) is 18.3 Å². The summed E-state index contributed by atoms with van der Waals surface area (Å²) in [5.41, 5.74) is 10.3. The SMILES string of the molecule is Nc1cccnc1N.O=c1cc[nH]c(=O)[nH]1. The van der Waals surface area contributed by atoms with Crippen LogP contribution in [0, 0.1) is 0 Å². The van der Waals surface area contributed by atoms with Gasteiger partial charge in [-0.25, -0.2) is 9.78 Å². The van der Waals surface area contributed by atoms with Gasteiger partial charge >= 0.3 is 5.69 Å². The van der Waals surface area contributed by atoms with Gasteiger partial charge in [-0.05, 0) is 12.1 Å². The molecular formula is C9H11N5O2. The minimum absolute atomic E-state index is 0.381. The topological polar surface area (TPSA) is 131 Å². The zero-order valence-corrected chi connectivity index (χ0v) is 8.31. The number of nitrogens with zero attached hydrogens (tertiary/aromatic N) is 1. The lowest BCUT2D eigenvalue weighted by atomic mass is 10.4. The van der Waals surface area contributed by atoms with Gasteiger partial charge < -0.3 is 16.5 Å². The van der Waals surface area contributed by atoms with Crippen molar-refractivity contribution >= 4 is 11.5 Å². The molecule has 0 fully saturated rings. The molecule has 2 aromatic rings. The second kappa shape index (κ2) is 5.35. The molecule has 2 rings (SSSR count). The van der Waals surface area contributed by atoms with Gasteiger partial charge in [0.25, 0.3) is 5.56 Å². The molecule has 6 N–H and O–H groups in total. The van der Waals surface area contributed by atoms with Crippen molar-refractivity contribution < 1.29 is 0 Å². The molecule has 0 aliphatic carbocycles. The number of nitrogen functional groups attached to an aromatic ring is 2. The molecule has 0 saturated carbocycles. The molecule has 0 spiro atoms. The second-order valence-corrected chi connectivity index (χ2v) is 2.77. The number of H-pyrrole nitrogens is 2. The maximum absolute atomic E-state index is 10.2. The Bertz CT molecular complexity index is 514. The predicted molar refractivity (Wildman–Crippen MR) is 60.7 cm³/mol. The third-order valence-corrected chi connectivity index (χ3v) is 1.56. The molecule has 0 aromatic carbocycles. The van der Waals surface area contributed by atoms with Crippen LogP contribution in [0.15, 0.2) is 40.2 Å². The van der Waals surface area contributed by atoms with E-state index in [4.69, 9.17) is 11.5 Å². The maximum Gasteiger partial charge on any atom is 0.325 e. The van der Waals surface area contributed by atoms with Crippen molar-refractivity contribution in [3.05, 3.63) is 51.4 Å². The van der Waals surface area contributed by atoms with Crippen molar-refractivity contribution in [1.82, 2.24) is 15.0 Å². The molecule has 7 heteroatoms. The largest absolute Gasteiger partial charge is 0.396 e. The van der Waals surface area contributed by atoms with E-state index in [0.29, 0.717) is 11.5 Å². The van der Waals surface area contributed by atoms with E-state index in [-0.39, 0.29) is 5.56 Å². The standard InChI is InChI=1S/C5H7N3.C4H4N2O2/c6-4-2-1-3-8-5(4)7;7-3-1-2-5-4(8)6-3/h1-3H,6H2,(H2,7,8);1-2H,(H2,5,6,7,8). The monoisotopic (exact) mass is 221 g/mol. The highest BCUT2D eigenvalue weighted by molar-refractivity contribution is 5.56. The van der Waals surface area contributed by atoms with Crippen LogP contribution < -0.4 is 22.7 Å². The number of nitrogens with one attached hydrogen (secondary N) is 2. The van der Waals surface area contributed by atoms with E-state index in [2.05, 4.69) is 9.97 Å². The van der Waals surface area contributed by atoms with Crippen LogP contribution in [-0.2, 0) is 0 Å². The van der Waals surface area contributed by atoms with Crippen LogP contribution in [0.5, 0.6) is 0 Å². The highest BCUT2D eigenvalue weighted by atomic mass is 16.2. The summed E-state index contributed by atoms with van der Waals surface area (Å²) in [6, 6.07) is 4.69. The summed E-state index contributed by atoms with van der Waals surface area (Å²) in [7, 11) is 0. The number of anilines is 2. The maximum atomic E-state index is 10.2. The summed E-state index contributed by atoms with van der Waals surface area (Å²) in [6.45, 7) is 0. The molecule has 84 valence electrons. The molecule has 0 bridgehead atoms. The summed E-state index contributed by atoms with van der Waals surface area (Å²) >= 11 is 0. The molecule has 0 amide bonds. The van der Waals surface area contributed by atoms with E-state index in [1.807, 2.05) is 4.98 Å². The molecule has 0 aliphatic rings. The Morgan fingerprint density at radius 1 is 1.19 bits per heavy atom. The summed E-state index contributed by atoms with van der Waals surface area (Å²) in [4.78, 5) is 28.4. The first-order valence-corrected chi connectivity index (χ1v) is 4.33. The van der Waals surface area contributed by atoms with Gasteiger partial charge in [0.1, 0.15) is 5.82 Å². The highest BCUT2D eigenvalue weighted by Crippen LogP contribution is 2.06. The lowest BCUT2D eigenvalue weighted by Crippen LogP contribution is -2.19. The Morgan fingerprint density at radius 3 is 2.31 bits per heavy atom. The average molecular weight is 221 g/mol. The Hall–Kier alpha value is -2.57. The van der Waals surface area contributed by atoms with Crippen LogP contribution in [0.25, 0.3) is 0 Å². The van der Waals surface area contributed by atoms with E-state index < -0.39 is 5.69 Å². The van der Waals surface area contributed by atoms with Gasteiger partial charge in [0, 0.05) is 18.5 Å². The van der Waals surface area contributed by atoms with Crippen molar-refractivity contribution in [1.29, 1.82) is 0 Å². The van der Waals surface area contributed by atoms with Gasteiger partial charge in [0.15, 0.2) is 0 Å². The lowest BCUT2D eigenvalue weighted by molar-refractivity contribution is 1.04. The molecule has 2 aromatic heterocycles. The highest BCUT2D eigenvalue weighted by Gasteiger charge is 1.87. The van der Waals surface area contributed by atoms with Crippen molar-refractivity contribution in [2.24, 2.45) is 0 Å². The summed E-state index contributed by atoms with van der Waals surface area (Å²) in [5.74, 6) is 0.396. The van der Waals surface area contributed by atoms with Crippen LogP contribution in [0.4, 0.5) is 11.5 Å². The molecule has 16 heavy (non-hydrogen) atoms. The number of hydrogen-bond donors (Lipinski definition) is 4. The molecule has 0 unspecified atom stereocenters. The van der Waals surface area contributed by atoms with E-state index >= 15 is 0 Å². The molecule has 0 atom stereocenters. The van der Waals surface area contributed by atoms with E-state index in [0.717, 1.165) is 0 Å². The first kappa shape index (κ1) is 11.5. The molecule has 0 aliphatic heterocycles. The molecule has 0 saturated heterocycles. The minimum Gasteiger partial charge on any atom is -0.396 e. The van der Waals surface area contributed by atoms with Crippen molar-refractivity contribution in [2.45, 2.75) is 0 Å². The number of hydrogen-bond acceptors (Lipinski definition) is 5. The lowest BCUT2D eigenvalue weighted by Gasteiger charge is -1.92. The van der Waals surface area contributed by atoms with Crippen molar-refractivity contribution in [2.75, 3.05) is 11.5 Å². The van der Waals surface area contributed by atoms with Gasteiger partial charge in [-0.1, -0.05) is 0 Å². The number of nitrogens with two attached hydrogens (primary N) is 2. The Balaban J connectivity index is 0.000000160. The number of rotatable bonds is 0. The second-order valence-electron chi connectivity index (χ2n) is 2.77. The minimum atomic E-state index is -0.475. The molecular weight excluding hydrogens is 210 g/mol. The first-order chi connectivity index (χ1) is 7.59. The fourth-order valence-corrected chi connectivity index (χ4v) is 0.813. The summed E-state index contributed by atoms with van der Waals surface area (Å²) < 4.78 is 0. The molecule has 7 nitrogen and oxygen atoms in total. The van der Waals surface area contributed by atoms with Crippen LogP contribution in [0.3, 0.4) is 0 Å². The van der Waals surface area contributed by atoms with Crippen molar-refractivity contribution in [3.63, 3.8) is 0 Å². The normalized spacial score (nSPS) is 9.00. The third-order valence-electron chi connectivity index (χ3n) is 1.56. The number of aromatic nitrogens is 3. The van der Waals surface area contributed by atoms with Crippen LogP contribution in [0.2, 0.25) is 0 Å². The van der Waals surface area contributed by atoms with Gasteiger partial charge in [0.05, 0.1) is 5.69 Å². The van der Waals surface area contributed by atoms with Gasteiger partial charge in [-0.2, -0.15) is 0 Å². The van der Waals surface area contributed by atoms with Gasteiger partial charge in [-0.15, -0.1) is 0 Å².